The van der Waals surface area contributed by atoms with Gasteiger partial charge < -0.3 is 29.2 Å². The molecule has 2 aliphatic rings. The molecule has 1 saturated heterocycles. The van der Waals surface area contributed by atoms with Gasteiger partial charge in [0.25, 0.3) is 0 Å². The molecule has 0 atom stereocenters. The summed E-state index contributed by atoms with van der Waals surface area (Å²) in [5.41, 5.74) is 3.37. The largest absolute Gasteiger partial charge is 0.454 e. The Balaban J connectivity index is 1.29. The molecule has 42 heavy (non-hydrogen) atoms. The van der Waals surface area contributed by atoms with Crippen LogP contribution < -0.4 is 19.7 Å². The number of carbonyl (C=O) groups is 1. The van der Waals surface area contributed by atoms with E-state index >= 15 is 0 Å². The molecule has 0 unspecified atom stereocenters. The first-order valence-corrected chi connectivity index (χ1v) is 14.7. The molecule has 0 radical (unpaired) electrons. The predicted molar refractivity (Wildman–Crippen MR) is 163 cm³/mol. The summed E-state index contributed by atoms with van der Waals surface area (Å²) < 4.78 is 13.0. The van der Waals surface area contributed by atoms with Crippen molar-refractivity contribution in [2.75, 3.05) is 43.2 Å². The number of hydrogen-bond donors (Lipinski definition) is 1. The number of amides is 1. The van der Waals surface area contributed by atoms with Gasteiger partial charge in [0, 0.05) is 44.2 Å². The van der Waals surface area contributed by atoms with Crippen LogP contribution in [-0.4, -0.2) is 63.3 Å². The van der Waals surface area contributed by atoms with Crippen LogP contribution in [0.5, 0.6) is 11.5 Å². The van der Waals surface area contributed by atoms with Crippen molar-refractivity contribution in [3.05, 3.63) is 64.9 Å². The lowest BCUT2D eigenvalue weighted by Gasteiger charge is -2.26. The second-order valence-corrected chi connectivity index (χ2v) is 12.4. The van der Waals surface area contributed by atoms with Gasteiger partial charge in [0.05, 0.1) is 12.9 Å². The van der Waals surface area contributed by atoms with Crippen molar-refractivity contribution in [3.8, 4) is 11.5 Å². The summed E-state index contributed by atoms with van der Waals surface area (Å²) in [6.45, 7) is 10.4. The molecule has 4 heterocycles. The zero-order valence-corrected chi connectivity index (χ0v) is 25.0. The third-order valence-corrected chi connectivity index (χ3v) is 7.83. The fourth-order valence-electron chi connectivity index (χ4n) is 5.29. The number of rotatable bonds is 7. The molecule has 0 bridgehead atoms. The number of hydrogen-bond acceptors (Lipinski definition) is 8. The molecule has 0 spiro atoms. The number of fused-ring (bicyclic) bond motifs is 2. The zero-order chi connectivity index (χ0) is 29.3. The van der Waals surface area contributed by atoms with Gasteiger partial charge in [-0.25, -0.2) is 4.98 Å². The van der Waals surface area contributed by atoms with Gasteiger partial charge in [-0.2, -0.15) is 9.97 Å². The molecule has 2 aliphatic heterocycles. The van der Waals surface area contributed by atoms with Crippen LogP contribution in [0.2, 0.25) is 5.02 Å². The van der Waals surface area contributed by atoms with Crippen LogP contribution in [0.4, 0.5) is 11.8 Å². The molecule has 6 rings (SSSR count). The normalized spacial score (nSPS) is 15.2. The lowest BCUT2D eigenvalue weighted by molar-refractivity contribution is -0.132. The molecule has 2 aromatic carbocycles. The summed E-state index contributed by atoms with van der Waals surface area (Å²) in [5.74, 6) is 2.95. The van der Waals surface area contributed by atoms with Gasteiger partial charge in [-0.1, -0.05) is 56.6 Å². The first-order chi connectivity index (χ1) is 20.2. The van der Waals surface area contributed by atoms with Crippen LogP contribution in [0.25, 0.3) is 11.2 Å². The molecule has 1 N–H and O–H groups in total. The standard InChI is InChI=1S/C31H36ClN7O3/c1-31(2,3)16-26(40)37-11-6-12-38(14-13-37)30-35-28(33-17-21-9-10-24-25(15-21)42-20-41-24)27-29(36-30)39(19-34-27)18-22-7-4-5-8-23(22)32/h4-5,7-10,15,19H,6,11-14,16-18,20H2,1-3H3,(H,33,35,36). The van der Waals surface area contributed by atoms with E-state index in [-0.39, 0.29) is 18.1 Å². The van der Waals surface area contributed by atoms with Gasteiger partial charge in [-0.3, -0.25) is 4.79 Å². The van der Waals surface area contributed by atoms with Crippen LogP contribution in [0.1, 0.15) is 44.7 Å². The van der Waals surface area contributed by atoms with Crippen LogP contribution in [0.15, 0.2) is 48.8 Å². The zero-order valence-electron chi connectivity index (χ0n) is 24.3. The third-order valence-electron chi connectivity index (χ3n) is 7.46. The summed E-state index contributed by atoms with van der Waals surface area (Å²) in [4.78, 5) is 31.8. The molecule has 0 aliphatic carbocycles. The van der Waals surface area contributed by atoms with Gasteiger partial charge in [-0.05, 0) is 41.2 Å². The average Bonchev–Trinajstić information content (AvgIpc) is 3.51. The molecular weight excluding hydrogens is 554 g/mol. The van der Waals surface area contributed by atoms with E-state index in [2.05, 4.69) is 31.0 Å². The van der Waals surface area contributed by atoms with Crippen molar-refractivity contribution < 1.29 is 14.3 Å². The van der Waals surface area contributed by atoms with E-state index in [1.807, 2.05) is 51.9 Å². The second-order valence-electron chi connectivity index (χ2n) is 12.0. The molecule has 220 valence electrons. The van der Waals surface area contributed by atoms with Crippen LogP contribution >= 0.6 is 11.6 Å². The lowest BCUT2D eigenvalue weighted by Crippen LogP contribution is -2.37. The van der Waals surface area contributed by atoms with Crippen molar-refractivity contribution >= 4 is 40.4 Å². The van der Waals surface area contributed by atoms with Crippen LogP contribution in [-0.2, 0) is 17.9 Å². The SMILES string of the molecule is CC(C)(C)CC(=O)N1CCCN(c2nc(NCc3ccc4c(c3)OCO4)c3ncn(Cc4ccccc4Cl)c3n2)CC1. The van der Waals surface area contributed by atoms with E-state index in [1.165, 1.54) is 0 Å². The Bertz CT molecular complexity index is 1600. The molecule has 4 aromatic rings. The van der Waals surface area contributed by atoms with E-state index in [0.717, 1.165) is 47.8 Å². The highest BCUT2D eigenvalue weighted by Gasteiger charge is 2.25. The summed E-state index contributed by atoms with van der Waals surface area (Å²) in [5, 5.41) is 4.19. The first kappa shape index (κ1) is 28.1. The number of nitrogens with zero attached hydrogens (tertiary/aromatic N) is 6. The number of nitrogens with one attached hydrogen (secondary N) is 1. The molecule has 1 amide bonds. The summed E-state index contributed by atoms with van der Waals surface area (Å²) >= 11 is 6.49. The second kappa shape index (κ2) is 11.7. The Hall–Kier alpha value is -4.05. The Labute approximate surface area is 250 Å². The summed E-state index contributed by atoms with van der Waals surface area (Å²) in [7, 11) is 0. The Morgan fingerprint density at radius 1 is 1.02 bits per heavy atom. The van der Waals surface area contributed by atoms with Gasteiger partial charge in [0.2, 0.25) is 18.6 Å². The van der Waals surface area contributed by atoms with Gasteiger partial charge in [-0.15, -0.1) is 0 Å². The monoisotopic (exact) mass is 589 g/mol. The fraction of sp³-hybridized carbons (Fsp3) is 0.419. The van der Waals surface area contributed by atoms with E-state index in [9.17, 15) is 4.79 Å². The lowest BCUT2D eigenvalue weighted by atomic mass is 9.91. The minimum atomic E-state index is -0.0458. The van der Waals surface area contributed by atoms with Crippen molar-refractivity contribution in [1.29, 1.82) is 0 Å². The Kier molecular flexibility index (Phi) is 7.81. The average molecular weight is 590 g/mol. The summed E-state index contributed by atoms with van der Waals surface area (Å²) in [6, 6.07) is 13.7. The molecule has 1 fully saturated rings. The number of anilines is 2. The highest BCUT2D eigenvalue weighted by molar-refractivity contribution is 6.31. The quantitative estimate of drug-likeness (QED) is 0.308. The Morgan fingerprint density at radius 3 is 2.69 bits per heavy atom. The minimum Gasteiger partial charge on any atom is -0.454 e. The maximum atomic E-state index is 13.0. The fourth-order valence-corrected chi connectivity index (χ4v) is 5.49. The predicted octanol–water partition coefficient (Wildman–Crippen LogP) is 5.34. The number of aromatic nitrogens is 4. The van der Waals surface area contributed by atoms with Crippen molar-refractivity contribution in [3.63, 3.8) is 0 Å². The maximum Gasteiger partial charge on any atom is 0.231 e. The smallest absolute Gasteiger partial charge is 0.231 e. The van der Waals surface area contributed by atoms with Crippen LogP contribution in [0, 0.1) is 5.41 Å². The first-order valence-electron chi connectivity index (χ1n) is 14.3. The van der Waals surface area contributed by atoms with E-state index in [1.54, 1.807) is 6.33 Å². The summed E-state index contributed by atoms with van der Waals surface area (Å²) in [6.07, 6.45) is 3.16. The topological polar surface area (TPSA) is 97.6 Å². The van der Waals surface area contributed by atoms with E-state index in [0.29, 0.717) is 54.9 Å². The van der Waals surface area contributed by atoms with Crippen molar-refractivity contribution in [1.82, 2.24) is 24.4 Å². The third kappa shape index (κ3) is 6.23. The molecule has 2 aromatic heterocycles. The number of ether oxygens (including phenoxy) is 2. The maximum absolute atomic E-state index is 13.0. The number of benzene rings is 2. The highest BCUT2D eigenvalue weighted by atomic mass is 35.5. The van der Waals surface area contributed by atoms with Gasteiger partial charge >= 0.3 is 0 Å². The molecular formula is C31H36ClN7O3. The van der Waals surface area contributed by atoms with E-state index in [4.69, 9.17) is 36.0 Å². The number of imidazole rings is 1. The molecule has 11 heteroatoms. The van der Waals surface area contributed by atoms with Crippen LogP contribution in [0.3, 0.4) is 0 Å². The Morgan fingerprint density at radius 2 is 1.86 bits per heavy atom. The van der Waals surface area contributed by atoms with Gasteiger partial charge in [0.15, 0.2) is 28.5 Å². The minimum absolute atomic E-state index is 0.0458. The number of carbonyl (C=O) groups excluding carboxylic acids is 1. The van der Waals surface area contributed by atoms with E-state index < -0.39 is 0 Å². The highest BCUT2D eigenvalue weighted by Crippen LogP contribution is 2.33. The number of halogens is 1. The van der Waals surface area contributed by atoms with Gasteiger partial charge in [0.1, 0.15) is 0 Å². The van der Waals surface area contributed by atoms with Crippen molar-refractivity contribution in [2.45, 2.75) is 46.7 Å². The molecule has 0 saturated carbocycles. The molecule has 10 nitrogen and oxygen atoms in total. The van der Waals surface area contributed by atoms with Crippen molar-refractivity contribution in [2.24, 2.45) is 5.41 Å².